The zero-order valence-corrected chi connectivity index (χ0v) is 13.4. The average Bonchev–Trinajstić information content (AvgIpc) is 2.99. The lowest BCUT2D eigenvalue weighted by molar-refractivity contribution is 0.0953. The molecule has 0 aliphatic heterocycles. The summed E-state index contributed by atoms with van der Waals surface area (Å²) < 4.78 is 14.6. The van der Waals surface area contributed by atoms with E-state index in [0.29, 0.717) is 18.5 Å². The molecule has 2 aromatic carbocycles. The number of para-hydroxylation sites is 1. The molecule has 0 unspecified atom stereocenters. The van der Waals surface area contributed by atoms with E-state index in [1.54, 1.807) is 23.0 Å². The van der Waals surface area contributed by atoms with Crippen LogP contribution in [0, 0.1) is 12.7 Å². The molecule has 3 aromatic rings. The summed E-state index contributed by atoms with van der Waals surface area (Å²) in [5, 5.41) is 7.18. The van der Waals surface area contributed by atoms with Crippen LogP contribution in [0.25, 0.3) is 5.69 Å². The third-order valence-electron chi connectivity index (χ3n) is 3.87. The van der Waals surface area contributed by atoms with Gasteiger partial charge >= 0.3 is 0 Å². The number of benzene rings is 2. The Bertz CT molecular complexity index is 826. The second-order valence-corrected chi connectivity index (χ2v) is 5.52. The van der Waals surface area contributed by atoms with Gasteiger partial charge in [0, 0.05) is 6.54 Å². The molecule has 1 N–H and O–H groups in total. The van der Waals surface area contributed by atoms with Gasteiger partial charge in [-0.2, -0.15) is 5.10 Å². The zero-order chi connectivity index (χ0) is 16.9. The molecule has 0 atom stereocenters. The monoisotopic (exact) mass is 323 g/mol. The number of rotatable bonds is 5. The van der Waals surface area contributed by atoms with Crippen LogP contribution in [0.5, 0.6) is 0 Å². The number of aromatic nitrogens is 2. The Kier molecular flexibility index (Phi) is 4.70. The summed E-state index contributed by atoms with van der Waals surface area (Å²) in [5.74, 6) is -0.413. The molecule has 4 nitrogen and oxygen atoms in total. The number of halogens is 1. The lowest BCUT2D eigenvalue weighted by Crippen LogP contribution is -2.26. The largest absolute Gasteiger partial charge is 0.352 e. The molecule has 1 aromatic heterocycles. The standard InChI is InChI=1S/C19H18FN3O/c1-14-18(13-22-23(14)17-5-3-2-4-6-17)19(24)21-12-11-15-7-9-16(20)10-8-15/h2-10,13H,11-12H2,1H3,(H,21,24). The average molecular weight is 323 g/mol. The highest BCUT2D eigenvalue weighted by molar-refractivity contribution is 5.95. The van der Waals surface area contributed by atoms with Gasteiger partial charge in [0.25, 0.3) is 5.91 Å². The second kappa shape index (κ2) is 7.08. The molecular weight excluding hydrogens is 305 g/mol. The van der Waals surface area contributed by atoms with Crippen molar-refractivity contribution in [2.45, 2.75) is 13.3 Å². The van der Waals surface area contributed by atoms with Crippen molar-refractivity contribution in [3.8, 4) is 5.69 Å². The number of carbonyl (C=O) groups is 1. The summed E-state index contributed by atoms with van der Waals surface area (Å²) in [7, 11) is 0. The van der Waals surface area contributed by atoms with Gasteiger partial charge in [-0.15, -0.1) is 0 Å². The molecule has 3 rings (SSSR count). The first kappa shape index (κ1) is 15.9. The van der Waals surface area contributed by atoms with E-state index in [0.717, 1.165) is 16.9 Å². The first-order valence-corrected chi connectivity index (χ1v) is 7.78. The Balaban J connectivity index is 1.63. The molecule has 0 aliphatic carbocycles. The summed E-state index contributed by atoms with van der Waals surface area (Å²) in [6, 6.07) is 16.0. The summed E-state index contributed by atoms with van der Waals surface area (Å²) in [4.78, 5) is 12.3. The first-order chi connectivity index (χ1) is 11.6. The van der Waals surface area contributed by atoms with Crippen LogP contribution in [0.1, 0.15) is 21.6 Å². The van der Waals surface area contributed by atoms with Crippen molar-refractivity contribution < 1.29 is 9.18 Å². The lowest BCUT2D eigenvalue weighted by Gasteiger charge is -2.07. The first-order valence-electron chi connectivity index (χ1n) is 7.78. The zero-order valence-electron chi connectivity index (χ0n) is 13.4. The third kappa shape index (κ3) is 3.51. The Morgan fingerprint density at radius 3 is 2.54 bits per heavy atom. The van der Waals surface area contributed by atoms with Crippen LogP contribution in [0.3, 0.4) is 0 Å². The third-order valence-corrected chi connectivity index (χ3v) is 3.87. The molecule has 122 valence electrons. The minimum Gasteiger partial charge on any atom is -0.352 e. The van der Waals surface area contributed by atoms with Gasteiger partial charge in [0.15, 0.2) is 0 Å². The maximum absolute atomic E-state index is 12.9. The Morgan fingerprint density at radius 1 is 1.12 bits per heavy atom. The van der Waals surface area contributed by atoms with Crippen LogP contribution in [0.4, 0.5) is 4.39 Å². The van der Waals surface area contributed by atoms with Gasteiger partial charge in [0.1, 0.15) is 5.82 Å². The SMILES string of the molecule is Cc1c(C(=O)NCCc2ccc(F)cc2)cnn1-c1ccccc1. The fourth-order valence-corrected chi connectivity index (χ4v) is 2.53. The molecular formula is C19H18FN3O. The predicted molar refractivity (Wildman–Crippen MR) is 90.7 cm³/mol. The predicted octanol–water partition coefficient (Wildman–Crippen LogP) is 3.29. The minimum absolute atomic E-state index is 0.156. The van der Waals surface area contributed by atoms with Crippen molar-refractivity contribution in [1.82, 2.24) is 15.1 Å². The van der Waals surface area contributed by atoms with Gasteiger partial charge in [-0.25, -0.2) is 9.07 Å². The van der Waals surface area contributed by atoms with E-state index < -0.39 is 0 Å². The smallest absolute Gasteiger partial charge is 0.254 e. The number of amides is 1. The van der Waals surface area contributed by atoms with Crippen LogP contribution < -0.4 is 5.32 Å². The molecule has 0 fully saturated rings. The van der Waals surface area contributed by atoms with Gasteiger partial charge in [-0.1, -0.05) is 30.3 Å². The van der Waals surface area contributed by atoms with E-state index in [-0.39, 0.29) is 11.7 Å². The van der Waals surface area contributed by atoms with Crippen LogP contribution in [-0.2, 0) is 6.42 Å². The van der Waals surface area contributed by atoms with Gasteiger partial charge in [0.05, 0.1) is 23.1 Å². The summed E-state index contributed by atoms with van der Waals surface area (Å²) >= 11 is 0. The van der Waals surface area contributed by atoms with Crippen LogP contribution in [0.15, 0.2) is 60.8 Å². The van der Waals surface area contributed by atoms with Crippen LogP contribution in [-0.4, -0.2) is 22.2 Å². The molecule has 1 heterocycles. The van der Waals surface area contributed by atoms with Gasteiger partial charge in [-0.3, -0.25) is 4.79 Å². The topological polar surface area (TPSA) is 46.9 Å². The number of nitrogens with zero attached hydrogens (tertiary/aromatic N) is 2. The van der Waals surface area contributed by atoms with Crippen molar-refractivity contribution in [2.75, 3.05) is 6.54 Å². The van der Waals surface area contributed by atoms with E-state index in [2.05, 4.69) is 10.4 Å². The number of nitrogens with one attached hydrogen (secondary N) is 1. The highest BCUT2D eigenvalue weighted by Gasteiger charge is 2.14. The van der Waals surface area contributed by atoms with E-state index >= 15 is 0 Å². The van der Waals surface area contributed by atoms with Gasteiger partial charge in [0.2, 0.25) is 0 Å². The Morgan fingerprint density at radius 2 is 1.83 bits per heavy atom. The summed E-state index contributed by atoms with van der Waals surface area (Å²) in [5.41, 5.74) is 3.24. The quantitative estimate of drug-likeness (QED) is 0.783. The molecule has 0 aliphatic rings. The summed E-state index contributed by atoms with van der Waals surface area (Å²) in [6.45, 7) is 2.36. The number of hydrogen-bond donors (Lipinski definition) is 1. The van der Waals surface area contributed by atoms with Gasteiger partial charge < -0.3 is 5.32 Å². The fourth-order valence-electron chi connectivity index (χ4n) is 2.53. The van der Waals surface area contributed by atoms with Crippen LogP contribution >= 0.6 is 0 Å². The molecule has 0 spiro atoms. The molecule has 0 saturated carbocycles. The normalized spacial score (nSPS) is 10.6. The number of carbonyl (C=O) groups excluding carboxylic acids is 1. The highest BCUT2D eigenvalue weighted by atomic mass is 19.1. The van der Waals surface area contributed by atoms with Crippen molar-refractivity contribution in [3.63, 3.8) is 0 Å². The molecule has 0 radical (unpaired) electrons. The second-order valence-electron chi connectivity index (χ2n) is 5.52. The number of hydrogen-bond acceptors (Lipinski definition) is 2. The van der Waals surface area contributed by atoms with Crippen molar-refractivity contribution in [2.24, 2.45) is 0 Å². The molecule has 5 heteroatoms. The Labute approximate surface area is 139 Å². The van der Waals surface area contributed by atoms with E-state index in [1.165, 1.54) is 12.1 Å². The van der Waals surface area contributed by atoms with E-state index in [4.69, 9.17) is 0 Å². The Hall–Kier alpha value is -2.95. The maximum Gasteiger partial charge on any atom is 0.254 e. The van der Waals surface area contributed by atoms with E-state index in [1.807, 2.05) is 37.3 Å². The van der Waals surface area contributed by atoms with Crippen molar-refractivity contribution in [1.29, 1.82) is 0 Å². The lowest BCUT2D eigenvalue weighted by atomic mass is 10.1. The maximum atomic E-state index is 12.9. The molecule has 0 bridgehead atoms. The van der Waals surface area contributed by atoms with Crippen molar-refractivity contribution >= 4 is 5.91 Å². The molecule has 0 saturated heterocycles. The van der Waals surface area contributed by atoms with Gasteiger partial charge in [-0.05, 0) is 43.2 Å². The molecule has 1 amide bonds. The highest BCUT2D eigenvalue weighted by Crippen LogP contribution is 2.13. The van der Waals surface area contributed by atoms with E-state index in [9.17, 15) is 9.18 Å². The summed E-state index contributed by atoms with van der Waals surface area (Å²) in [6.07, 6.45) is 2.23. The van der Waals surface area contributed by atoms with Crippen molar-refractivity contribution in [3.05, 3.63) is 83.4 Å². The minimum atomic E-state index is -0.258. The fraction of sp³-hybridized carbons (Fsp3) is 0.158. The molecule has 24 heavy (non-hydrogen) atoms. The van der Waals surface area contributed by atoms with Crippen LogP contribution in [0.2, 0.25) is 0 Å².